The minimum Gasteiger partial charge on any atom is -0.480 e. The Morgan fingerprint density at radius 3 is 2.68 bits per heavy atom. The van der Waals surface area contributed by atoms with Gasteiger partial charge in [-0.2, -0.15) is 17.4 Å². The van der Waals surface area contributed by atoms with Gasteiger partial charge in [0.1, 0.15) is 6.04 Å². The number of carboxylic acid groups (broad SMARTS) is 1. The zero-order valence-electron chi connectivity index (χ0n) is 12.6. The van der Waals surface area contributed by atoms with Crippen molar-refractivity contribution in [1.82, 2.24) is 9.03 Å². The van der Waals surface area contributed by atoms with Crippen molar-refractivity contribution in [1.29, 1.82) is 0 Å². The lowest BCUT2D eigenvalue weighted by Crippen LogP contribution is -2.51. The summed E-state index contributed by atoms with van der Waals surface area (Å²) in [4.78, 5) is 11.4. The quantitative estimate of drug-likeness (QED) is 0.824. The molecule has 1 aliphatic heterocycles. The summed E-state index contributed by atoms with van der Waals surface area (Å²) in [6.45, 7) is 2.88. The second-order valence-electron chi connectivity index (χ2n) is 5.81. The molecule has 122 valence electrons. The molecule has 7 heteroatoms. The first-order valence-corrected chi connectivity index (χ1v) is 8.86. The van der Waals surface area contributed by atoms with Crippen molar-refractivity contribution < 1.29 is 18.3 Å². The van der Waals surface area contributed by atoms with Crippen LogP contribution in [0.5, 0.6) is 0 Å². The number of nitrogens with one attached hydrogen (secondary N) is 1. The number of benzene rings is 1. The summed E-state index contributed by atoms with van der Waals surface area (Å²) in [5.74, 6) is -0.875. The molecule has 2 rings (SSSR count). The molecule has 0 bridgehead atoms. The first kappa shape index (κ1) is 16.9. The van der Waals surface area contributed by atoms with Gasteiger partial charge in [0.25, 0.3) is 10.2 Å². The number of carboxylic acids is 1. The van der Waals surface area contributed by atoms with Crippen molar-refractivity contribution in [3.05, 3.63) is 35.9 Å². The molecule has 6 nitrogen and oxygen atoms in total. The predicted octanol–water partition coefficient (Wildman–Crippen LogP) is 1.25. The number of nitrogens with zero attached hydrogens (tertiary/aromatic N) is 1. The molecule has 0 radical (unpaired) electrons. The van der Waals surface area contributed by atoms with Crippen molar-refractivity contribution in [2.75, 3.05) is 13.1 Å². The normalized spacial score (nSPS) is 21.4. The highest BCUT2D eigenvalue weighted by Gasteiger charge is 2.31. The highest BCUT2D eigenvalue weighted by molar-refractivity contribution is 7.87. The smallest absolute Gasteiger partial charge is 0.322 e. The van der Waals surface area contributed by atoms with Crippen molar-refractivity contribution in [3.63, 3.8) is 0 Å². The fraction of sp³-hybridized carbons (Fsp3) is 0.533. The van der Waals surface area contributed by atoms with Gasteiger partial charge in [-0.3, -0.25) is 4.79 Å². The van der Waals surface area contributed by atoms with Crippen LogP contribution in [0.1, 0.15) is 25.3 Å². The van der Waals surface area contributed by atoms with E-state index in [4.69, 9.17) is 0 Å². The van der Waals surface area contributed by atoms with Crippen molar-refractivity contribution >= 4 is 16.2 Å². The average molecular weight is 326 g/mol. The zero-order valence-corrected chi connectivity index (χ0v) is 13.4. The van der Waals surface area contributed by atoms with E-state index < -0.39 is 22.2 Å². The van der Waals surface area contributed by atoms with Crippen LogP contribution in [0.25, 0.3) is 0 Å². The van der Waals surface area contributed by atoms with Gasteiger partial charge in [-0.05, 0) is 30.7 Å². The maximum Gasteiger partial charge on any atom is 0.322 e. The Balaban J connectivity index is 2.08. The van der Waals surface area contributed by atoms with Crippen LogP contribution in [0.15, 0.2) is 30.3 Å². The molecule has 1 fully saturated rings. The third-order valence-corrected chi connectivity index (χ3v) is 5.43. The lowest BCUT2D eigenvalue weighted by molar-refractivity contribution is -0.138. The van der Waals surface area contributed by atoms with Crippen LogP contribution in [0.3, 0.4) is 0 Å². The lowest BCUT2D eigenvalue weighted by atomic mass is 10.0. The lowest BCUT2D eigenvalue weighted by Gasteiger charge is -2.31. The summed E-state index contributed by atoms with van der Waals surface area (Å²) >= 11 is 0. The fourth-order valence-corrected chi connectivity index (χ4v) is 4.16. The molecule has 1 saturated heterocycles. The molecule has 1 aromatic carbocycles. The third kappa shape index (κ3) is 4.53. The van der Waals surface area contributed by atoms with Crippen LogP contribution in [-0.2, 0) is 21.4 Å². The van der Waals surface area contributed by atoms with E-state index in [0.29, 0.717) is 19.0 Å². The van der Waals surface area contributed by atoms with Crippen molar-refractivity contribution in [2.45, 2.75) is 32.2 Å². The van der Waals surface area contributed by atoms with Gasteiger partial charge >= 0.3 is 5.97 Å². The standard InChI is InChI=1S/C15H22N2O4S/c1-12-6-5-9-17(11-12)22(20,21)16-14(15(18)19)10-13-7-3-2-4-8-13/h2-4,7-8,12,14,16H,5-6,9-11H2,1H3,(H,18,19)/t12?,14-/m1/s1. The van der Waals surface area contributed by atoms with Gasteiger partial charge in [-0.15, -0.1) is 0 Å². The van der Waals surface area contributed by atoms with Gasteiger partial charge in [0.05, 0.1) is 0 Å². The van der Waals surface area contributed by atoms with E-state index in [9.17, 15) is 18.3 Å². The number of carbonyl (C=O) groups is 1. The Labute approximate surface area is 131 Å². The molecule has 0 saturated carbocycles. The fourth-order valence-electron chi connectivity index (χ4n) is 2.65. The van der Waals surface area contributed by atoms with E-state index in [1.807, 2.05) is 13.0 Å². The molecule has 0 amide bonds. The maximum atomic E-state index is 12.4. The van der Waals surface area contributed by atoms with E-state index in [0.717, 1.165) is 18.4 Å². The van der Waals surface area contributed by atoms with E-state index in [-0.39, 0.29) is 6.42 Å². The topological polar surface area (TPSA) is 86.7 Å². The van der Waals surface area contributed by atoms with Crippen LogP contribution in [0, 0.1) is 5.92 Å². The van der Waals surface area contributed by atoms with Gasteiger partial charge in [0.15, 0.2) is 0 Å². The van der Waals surface area contributed by atoms with Crippen LogP contribution in [-0.4, -0.2) is 42.9 Å². The second-order valence-corrected chi connectivity index (χ2v) is 7.51. The molecule has 22 heavy (non-hydrogen) atoms. The summed E-state index contributed by atoms with van der Waals surface area (Å²) in [6, 6.07) is 7.84. The number of hydrogen-bond acceptors (Lipinski definition) is 3. The highest BCUT2D eigenvalue weighted by atomic mass is 32.2. The van der Waals surface area contributed by atoms with Gasteiger partial charge in [-0.1, -0.05) is 37.3 Å². The molecule has 0 aliphatic carbocycles. The van der Waals surface area contributed by atoms with Gasteiger partial charge < -0.3 is 5.11 Å². The predicted molar refractivity (Wildman–Crippen MR) is 83.6 cm³/mol. The molecule has 2 N–H and O–H groups in total. The molecule has 0 spiro atoms. The van der Waals surface area contributed by atoms with Crippen LogP contribution >= 0.6 is 0 Å². The monoisotopic (exact) mass is 326 g/mol. The van der Waals surface area contributed by atoms with E-state index in [1.165, 1.54) is 4.31 Å². The third-order valence-electron chi connectivity index (χ3n) is 3.83. The Bertz CT molecular complexity index is 603. The minimum atomic E-state index is -3.78. The molecular formula is C15H22N2O4S. The van der Waals surface area contributed by atoms with E-state index >= 15 is 0 Å². The van der Waals surface area contributed by atoms with E-state index in [2.05, 4.69) is 4.72 Å². The Kier molecular flexibility index (Phi) is 5.55. The highest BCUT2D eigenvalue weighted by Crippen LogP contribution is 2.18. The molecule has 1 aromatic rings. The minimum absolute atomic E-state index is 0.124. The summed E-state index contributed by atoms with van der Waals surface area (Å²) in [5.41, 5.74) is 0.782. The van der Waals surface area contributed by atoms with Crippen LogP contribution in [0.4, 0.5) is 0 Å². The first-order chi connectivity index (χ1) is 10.4. The molecule has 2 atom stereocenters. The zero-order chi connectivity index (χ0) is 16.2. The number of rotatable bonds is 6. The van der Waals surface area contributed by atoms with Crippen LogP contribution in [0.2, 0.25) is 0 Å². The van der Waals surface area contributed by atoms with Gasteiger partial charge in [0.2, 0.25) is 0 Å². The van der Waals surface area contributed by atoms with Gasteiger partial charge in [-0.25, -0.2) is 0 Å². The first-order valence-electron chi connectivity index (χ1n) is 7.42. The SMILES string of the molecule is CC1CCCN(S(=O)(=O)N[C@H](Cc2ccccc2)C(=O)O)C1. The Morgan fingerprint density at radius 1 is 1.41 bits per heavy atom. The Hall–Kier alpha value is -1.44. The summed E-state index contributed by atoms with van der Waals surface area (Å²) < 4.78 is 28.5. The van der Waals surface area contributed by atoms with Crippen LogP contribution < -0.4 is 4.72 Å². The summed E-state index contributed by atoms with van der Waals surface area (Å²) in [5, 5.41) is 9.30. The average Bonchev–Trinajstić information content (AvgIpc) is 2.47. The summed E-state index contributed by atoms with van der Waals surface area (Å²) in [6.07, 6.45) is 1.93. The molecule has 1 aliphatic rings. The Morgan fingerprint density at radius 2 is 2.09 bits per heavy atom. The van der Waals surface area contributed by atoms with E-state index in [1.54, 1.807) is 24.3 Å². The maximum absolute atomic E-state index is 12.4. The van der Waals surface area contributed by atoms with Gasteiger partial charge in [0, 0.05) is 13.1 Å². The van der Waals surface area contributed by atoms with Crippen molar-refractivity contribution in [3.8, 4) is 0 Å². The second kappa shape index (κ2) is 7.21. The number of hydrogen-bond donors (Lipinski definition) is 2. The molecule has 1 heterocycles. The largest absolute Gasteiger partial charge is 0.480 e. The number of aliphatic carboxylic acids is 1. The van der Waals surface area contributed by atoms with Crippen molar-refractivity contribution in [2.24, 2.45) is 5.92 Å². The number of piperidine rings is 1. The molecule has 0 aromatic heterocycles. The molecule has 1 unspecified atom stereocenters. The summed E-state index contributed by atoms with van der Waals surface area (Å²) in [7, 11) is -3.78. The molecular weight excluding hydrogens is 304 g/mol.